The Morgan fingerprint density at radius 1 is 1.07 bits per heavy atom. The molecule has 7 N–H and O–H groups in total. The number of carbonyl (C=O) groups is 1. The lowest BCUT2D eigenvalue weighted by atomic mass is 9.94. The van der Waals surface area contributed by atoms with Gasteiger partial charge in [0.05, 0.1) is 42.1 Å². The number of hydrogen-bond acceptors (Lipinski definition) is 12. The van der Waals surface area contributed by atoms with E-state index in [1.165, 1.54) is 0 Å². The summed E-state index contributed by atoms with van der Waals surface area (Å²) in [6.07, 6.45) is -5.04. The monoisotopic (exact) mass is 637 g/mol. The number of nitrogens with two attached hydrogens (primary N) is 1. The Morgan fingerprint density at radius 3 is 2.59 bits per heavy atom. The minimum Gasteiger partial charge on any atom is -0.493 e. The number of aromatic nitrogens is 3. The average Bonchev–Trinajstić information content (AvgIpc) is 3.49. The largest absolute Gasteiger partial charge is 0.493 e. The van der Waals surface area contributed by atoms with Crippen LogP contribution in [0, 0.1) is 5.41 Å². The highest BCUT2D eigenvalue weighted by atomic mass is 16.7. The second-order valence-electron chi connectivity index (χ2n) is 12.4. The van der Waals surface area contributed by atoms with Crippen molar-refractivity contribution in [3.05, 3.63) is 54.9 Å². The van der Waals surface area contributed by atoms with Crippen LogP contribution in [0.3, 0.4) is 0 Å². The first-order valence-corrected chi connectivity index (χ1v) is 15.2. The molecular weight excluding hydrogens is 598 g/mol. The average molecular weight is 638 g/mol. The van der Waals surface area contributed by atoms with Crippen LogP contribution in [-0.2, 0) is 14.3 Å². The number of aliphatic carboxylic acids is 1. The summed E-state index contributed by atoms with van der Waals surface area (Å²) in [4.78, 5) is 23.3. The summed E-state index contributed by atoms with van der Waals surface area (Å²) in [7, 11) is 0. The van der Waals surface area contributed by atoms with Crippen molar-refractivity contribution < 1.29 is 44.5 Å². The molecule has 14 heteroatoms. The first-order chi connectivity index (χ1) is 22.1. The van der Waals surface area contributed by atoms with Crippen molar-refractivity contribution in [2.75, 3.05) is 37.8 Å². The number of aliphatic hydroxyl groups excluding tert-OH is 4. The van der Waals surface area contributed by atoms with Gasteiger partial charge in [0.15, 0.2) is 12.4 Å². The summed E-state index contributed by atoms with van der Waals surface area (Å²) in [5.41, 5.74) is 8.63. The predicted molar refractivity (Wildman–Crippen MR) is 167 cm³/mol. The molecule has 0 aliphatic carbocycles. The minimum atomic E-state index is -1.83. The van der Waals surface area contributed by atoms with Crippen molar-refractivity contribution in [1.82, 2.24) is 14.5 Å². The third kappa shape index (κ3) is 6.37. The number of nitrogens with zero attached hydrogens (tertiary/aromatic N) is 4. The van der Waals surface area contributed by atoms with Gasteiger partial charge < -0.3 is 50.4 Å². The zero-order valence-corrected chi connectivity index (χ0v) is 25.3. The zero-order valence-electron chi connectivity index (χ0n) is 25.3. The van der Waals surface area contributed by atoms with Gasteiger partial charge in [-0.15, -0.1) is 0 Å². The van der Waals surface area contributed by atoms with E-state index in [1.807, 2.05) is 22.8 Å². The van der Waals surface area contributed by atoms with Crippen LogP contribution in [0.25, 0.3) is 27.8 Å². The van der Waals surface area contributed by atoms with Crippen molar-refractivity contribution in [2.24, 2.45) is 11.1 Å². The van der Waals surface area contributed by atoms with Gasteiger partial charge in [0.25, 0.3) is 0 Å². The Morgan fingerprint density at radius 2 is 1.85 bits per heavy atom. The maximum absolute atomic E-state index is 11.4. The zero-order chi connectivity index (χ0) is 32.6. The first-order valence-electron chi connectivity index (χ1n) is 15.2. The molecule has 0 spiro atoms. The molecule has 6 rings (SSSR count). The number of rotatable bonds is 10. The molecule has 14 nitrogen and oxygen atoms in total. The highest BCUT2D eigenvalue weighted by Crippen LogP contribution is 2.31. The number of fused-ring (bicyclic) bond motifs is 2. The van der Waals surface area contributed by atoms with E-state index in [9.17, 15) is 30.3 Å². The number of aliphatic hydroxyl groups is 4. The quantitative estimate of drug-likeness (QED) is 0.142. The molecule has 6 unspecified atom stereocenters. The molecule has 246 valence electrons. The molecular formula is C32H39N5O9. The van der Waals surface area contributed by atoms with Crippen molar-refractivity contribution in [3.8, 4) is 11.6 Å². The lowest BCUT2D eigenvalue weighted by Gasteiger charge is -2.39. The number of pyridine rings is 1. The van der Waals surface area contributed by atoms with E-state index in [0.717, 1.165) is 53.9 Å². The number of benzene rings is 2. The van der Waals surface area contributed by atoms with Gasteiger partial charge in [-0.05, 0) is 43.2 Å². The number of anilines is 1. The van der Waals surface area contributed by atoms with Crippen molar-refractivity contribution in [1.29, 1.82) is 0 Å². The Kier molecular flexibility index (Phi) is 9.12. The second-order valence-corrected chi connectivity index (χ2v) is 12.4. The third-order valence-electron chi connectivity index (χ3n) is 8.71. The number of carboxylic acids is 1. The molecule has 4 heterocycles. The van der Waals surface area contributed by atoms with Crippen LogP contribution in [-0.4, -0.2) is 116 Å². The topological polar surface area (TPSA) is 206 Å². The van der Waals surface area contributed by atoms with E-state index in [0.29, 0.717) is 11.3 Å². The molecule has 0 saturated carbocycles. The smallest absolute Gasteiger partial charge is 0.335 e. The van der Waals surface area contributed by atoms with Crippen molar-refractivity contribution in [2.45, 2.75) is 56.5 Å². The van der Waals surface area contributed by atoms with Gasteiger partial charge in [0, 0.05) is 36.0 Å². The van der Waals surface area contributed by atoms with Crippen LogP contribution in [0.5, 0.6) is 5.75 Å². The molecule has 2 fully saturated rings. The fourth-order valence-corrected chi connectivity index (χ4v) is 5.78. The molecule has 2 saturated heterocycles. The Hall–Kier alpha value is -3.89. The summed E-state index contributed by atoms with van der Waals surface area (Å²) in [5.74, 6) is -0.292. The maximum Gasteiger partial charge on any atom is 0.335 e. The summed E-state index contributed by atoms with van der Waals surface area (Å²) >= 11 is 0. The van der Waals surface area contributed by atoms with Gasteiger partial charge in [-0.25, -0.2) is 14.8 Å². The van der Waals surface area contributed by atoms with E-state index in [2.05, 4.69) is 28.1 Å². The molecule has 2 aliphatic rings. The molecule has 4 aromatic rings. The molecule has 0 bridgehead atoms. The number of hydrogen-bond donors (Lipinski definition) is 6. The number of piperidine rings is 1. The summed E-state index contributed by atoms with van der Waals surface area (Å²) in [6, 6.07) is 15.9. The van der Waals surface area contributed by atoms with Gasteiger partial charge >= 0.3 is 5.97 Å². The van der Waals surface area contributed by atoms with Crippen LogP contribution >= 0.6 is 0 Å². The SMILES string of the molecule is CC(CO)(COc1ccc2c(c1)ncn2-c1ccc2cccc(N3CCC(N)CC3)c2n1)COC1OC(C(=O)O)C(O)C(O)C1O. The van der Waals surface area contributed by atoms with Gasteiger partial charge in [0.2, 0.25) is 0 Å². The van der Waals surface area contributed by atoms with Crippen LogP contribution < -0.4 is 15.4 Å². The van der Waals surface area contributed by atoms with E-state index >= 15 is 0 Å². The summed E-state index contributed by atoms with van der Waals surface area (Å²) in [5, 5.41) is 50.6. The lowest BCUT2D eigenvalue weighted by molar-refractivity contribution is -0.300. The Bertz CT molecular complexity index is 1690. The third-order valence-corrected chi connectivity index (χ3v) is 8.71. The molecule has 0 radical (unpaired) electrons. The standard InChI is InChI=1S/C32H39N5O9/c1-32(14-38,16-45-31-28(41)26(39)27(40)29(46-31)30(42)43)15-44-20-6-7-22-21(13-20)34-17-37(22)24-8-5-18-3-2-4-23(25(18)35-24)36-11-9-19(33)10-12-36/h2-8,13,17,19,26-29,31,38-41H,9-12,14-16,33H2,1H3,(H,42,43). The summed E-state index contributed by atoms with van der Waals surface area (Å²) in [6.45, 7) is 2.85. The van der Waals surface area contributed by atoms with E-state index in [1.54, 1.807) is 25.4 Å². The van der Waals surface area contributed by atoms with Gasteiger partial charge in [0.1, 0.15) is 36.2 Å². The van der Waals surface area contributed by atoms with Gasteiger partial charge in [-0.1, -0.05) is 19.1 Å². The maximum atomic E-state index is 11.4. The van der Waals surface area contributed by atoms with Crippen molar-refractivity contribution in [3.63, 3.8) is 0 Å². The fraction of sp³-hybridized carbons (Fsp3) is 0.469. The van der Waals surface area contributed by atoms with Crippen LogP contribution in [0.4, 0.5) is 5.69 Å². The van der Waals surface area contributed by atoms with Crippen LogP contribution in [0.2, 0.25) is 0 Å². The molecule has 46 heavy (non-hydrogen) atoms. The predicted octanol–water partition coefficient (Wildman–Crippen LogP) is 0.787. The van der Waals surface area contributed by atoms with Crippen molar-refractivity contribution >= 4 is 33.6 Å². The number of imidazole rings is 1. The normalized spacial score (nSPS) is 25.5. The molecule has 2 aromatic heterocycles. The van der Waals surface area contributed by atoms with Crippen LogP contribution in [0.1, 0.15) is 19.8 Å². The van der Waals surface area contributed by atoms with Gasteiger partial charge in [-0.3, -0.25) is 4.57 Å². The van der Waals surface area contributed by atoms with E-state index in [-0.39, 0.29) is 25.9 Å². The number of carboxylic acid groups (broad SMARTS) is 1. The molecule has 6 atom stereocenters. The lowest BCUT2D eigenvalue weighted by Crippen LogP contribution is -2.60. The Balaban J connectivity index is 1.15. The Labute approximate surface area is 264 Å². The molecule has 2 aromatic carbocycles. The van der Waals surface area contributed by atoms with E-state index in [4.69, 9.17) is 24.9 Å². The molecule has 2 aliphatic heterocycles. The van der Waals surface area contributed by atoms with E-state index < -0.39 is 42.1 Å². The molecule has 0 amide bonds. The van der Waals surface area contributed by atoms with Crippen LogP contribution in [0.15, 0.2) is 54.9 Å². The second kappa shape index (κ2) is 13.1. The minimum absolute atomic E-state index is 0.0114. The van der Waals surface area contributed by atoms with Gasteiger partial charge in [-0.2, -0.15) is 0 Å². The fourth-order valence-electron chi connectivity index (χ4n) is 5.78. The summed E-state index contributed by atoms with van der Waals surface area (Å²) < 4.78 is 18.6. The first kappa shape index (κ1) is 32.1. The highest BCUT2D eigenvalue weighted by molar-refractivity contribution is 5.92. The highest BCUT2D eigenvalue weighted by Gasteiger charge is 2.48. The number of para-hydroxylation sites is 1. The number of ether oxygens (including phenoxy) is 3.